The predicted octanol–water partition coefficient (Wildman–Crippen LogP) is 2.09. The Morgan fingerprint density at radius 1 is 1.47 bits per heavy atom. The summed E-state index contributed by atoms with van der Waals surface area (Å²) in [6.45, 7) is 0. The van der Waals surface area contributed by atoms with E-state index in [1.807, 2.05) is 0 Å². The first-order valence-corrected chi connectivity index (χ1v) is 5.00. The van der Waals surface area contributed by atoms with Crippen LogP contribution in [-0.2, 0) is 0 Å². The second-order valence-corrected chi connectivity index (χ2v) is 3.90. The van der Waals surface area contributed by atoms with Crippen LogP contribution in [0.3, 0.4) is 0 Å². The van der Waals surface area contributed by atoms with Crippen molar-refractivity contribution in [3.8, 4) is 11.8 Å². The first kappa shape index (κ1) is 9.74. The second-order valence-electron chi connectivity index (χ2n) is 2.99. The molecule has 0 aliphatic rings. The van der Waals surface area contributed by atoms with Crippen LogP contribution in [0.15, 0.2) is 35.1 Å². The Morgan fingerprint density at radius 2 is 2.27 bits per heavy atom. The third-order valence-electron chi connectivity index (χ3n) is 1.96. The van der Waals surface area contributed by atoms with Gasteiger partial charge in [-0.3, -0.25) is 0 Å². The van der Waals surface area contributed by atoms with Crippen molar-refractivity contribution < 1.29 is 0 Å². The molecule has 1 aromatic heterocycles. The van der Waals surface area contributed by atoms with Crippen LogP contribution in [0, 0.1) is 11.3 Å². The number of hydrogen-bond donors (Lipinski definition) is 1. The summed E-state index contributed by atoms with van der Waals surface area (Å²) in [5, 5.41) is 12.9. The van der Waals surface area contributed by atoms with E-state index in [9.17, 15) is 0 Å². The number of nitrogen functional groups attached to an aromatic ring is 1. The standard InChI is InChI=1S/C10H7BrN4/c11-8-5-14-15(6-8)10-3-7(4-12)1-2-9(10)13/h1-3,5-6H,13H2. The normalized spacial score (nSPS) is 9.87. The fourth-order valence-corrected chi connectivity index (χ4v) is 1.53. The fraction of sp³-hybridized carbons (Fsp3) is 0. The van der Waals surface area contributed by atoms with Gasteiger partial charge in [-0.2, -0.15) is 10.4 Å². The molecule has 0 bridgehead atoms. The minimum absolute atomic E-state index is 0.561. The van der Waals surface area contributed by atoms with E-state index >= 15 is 0 Å². The molecule has 0 amide bonds. The Kier molecular flexibility index (Phi) is 2.44. The van der Waals surface area contributed by atoms with Crippen molar-refractivity contribution in [3.05, 3.63) is 40.6 Å². The van der Waals surface area contributed by atoms with E-state index in [1.54, 1.807) is 35.3 Å². The van der Waals surface area contributed by atoms with Crippen LogP contribution in [0.4, 0.5) is 5.69 Å². The van der Waals surface area contributed by atoms with Gasteiger partial charge in [-0.15, -0.1) is 0 Å². The molecule has 0 atom stereocenters. The fourth-order valence-electron chi connectivity index (χ4n) is 1.24. The smallest absolute Gasteiger partial charge is 0.0992 e. The van der Waals surface area contributed by atoms with Gasteiger partial charge in [0.2, 0.25) is 0 Å². The Morgan fingerprint density at radius 3 is 2.87 bits per heavy atom. The molecule has 0 saturated carbocycles. The van der Waals surface area contributed by atoms with E-state index in [4.69, 9.17) is 11.0 Å². The third-order valence-corrected chi connectivity index (χ3v) is 2.37. The maximum Gasteiger partial charge on any atom is 0.0992 e. The minimum atomic E-state index is 0.561. The Balaban J connectivity index is 2.57. The maximum absolute atomic E-state index is 8.78. The summed E-state index contributed by atoms with van der Waals surface area (Å²) in [4.78, 5) is 0. The van der Waals surface area contributed by atoms with Gasteiger partial charge in [0.15, 0.2) is 0 Å². The average molecular weight is 263 g/mol. The number of benzene rings is 1. The molecular formula is C10H7BrN4. The third kappa shape index (κ3) is 1.85. The molecule has 2 N–H and O–H groups in total. The van der Waals surface area contributed by atoms with Gasteiger partial charge in [-0.05, 0) is 34.1 Å². The zero-order chi connectivity index (χ0) is 10.8. The SMILES string of the molecule is N#Cc1ccc(N)c(-n2cc(Br)cn2)c1. The van der Waals surface area contributed by atoms with Crippen LogP contribution in [0.2, 0.25) is 0 Å². The first-order valence-electron chi connectivity index (χ1n) is 4.21. The van der Waals surface area contributed by atoms with Crippen molar-refractivity contribution >= 4 is 21.6 Å². The molecule has 74 valence electrons. The molecule has 2 aromatic rings. The number of hydrogen-bond acceptors (Lipinski definition) is 3. The number of aromatic nitrogens is 2. The summed E-state index contributed by atoms with van der Waals surface area (Å²) >= 11 is 3.30. The number of halogens is 1. The Labute approximate surface area is 95.1 Å². The van der Waals surface area contributed by atoms with Gasteiger partial charge in [-0.1, -0.05) is 0 Å². The molecule has 0 aliphatic heterocycles. The van der Waals surface area contributed by atoms with E-state index in [0.717, 1.165) is 4.47 Å². The predicted molar refractivity (Wildman–Crippen MR) is 60.4 cm³/mol. The zero-order valence-corrected chi connectivity index (χ0v) is 9.27. The van der Waals surface area contributed by atoms with Crippen molar-refractivity contribution in [2.75, 3.05) is 5.73 Å². The summed E-state index contributed by atoms with van der Waals surface area (Å²) in [6.07, 6.45) is 3.45. The van der Waals surface area contributed by atoms with Crippen molar-refractivity contribution in [2.45, 2.75) is 0 Å². The summed E-state index contributed by atoms with van der Waals surface area (Å²) < 4.78 is 2.49. The summed E-state index contributed by atoms with van der Waals surface area (Å²) in [6, 6.07) is 7.14. The van der Waals surface area contributed by atoms with Crippen LogP contribution < -0.4 is 5.73 Å². The highest BCUT2D eigenvalue weighted by atomic mass is 79.9. The van der Waals surface area contributed by atoms with Gasteiger partial charge >= 0.3 is 0 Å². The minimum Gasteiger partial charge on any atom is -0.397 e. The quantitative estimate of drug-likeness (QED) is 0.801. The van der Waals surface area contributed by atoms with Gasteiger partial charge in [0.1, 0.15) is 0 Å². The molecule has 4 nitrogen and oxygen atoms in total. The molecule has 0 spiro atoms. The highest BCUT2D eigenvalue weighted by molar-refractivity contribution is 9.10. The lowest BCUT2D eigenvalue weighted by Crippen LogP contribution is -2.00. The van der Waals surface area contributed by atoms with Gasteiger partial charge < -0.3 is 5.73 Å². The highest BCUT2D eigenvalue weighted by Crippen LogP contribution is 2.19. The Hall–Kier alpha value is -1.80. The van der Waals surface area contributed by atoms with Crippen LogP contribution in [0.1, 0.15) is 5.56 Å². The van der Waals surface area contributed by atoms with Gasteiger partial charge in [-0.25, -0.2) is 4.68 Å². The zero-order valence-electron chi connectivity index (χ0n) is 7.68. The molecule has 5 heteroatoms. The lowest BCUT2D eigenvalue weighted by atomic mass is 10.2. The van der Waals surface area contributed by atoms with Crippen molar-refractivity contribution in [1.82, 2.24) is 9.78 Å². The topological polar surface area (TPSA) is 67.6 Å². The van der Waals surface area contributed by atoms with Crippen molar-refractivity contribution in [3.63, 3.8) is 0 Å². The number of nitriles is 1. The van der Waals surface area contributed by atoms with Gasteiger partial charge in [0.05, 0.1) is 33.7 Å². The molecule has 0 fully saturated rings. The van der Waals surface area contributed by atoms with Crippen LogP contribution in [0.25, 0.3) is 5.69 Å². The molecule has 15 heavy (non-hydrogen) atoms. The van der Waals surface area contributed by atoms with E-state index in [0.29, 0.717) is 16.9 Å². The van der Waals surface area contributed by atoms with E-state index in [1.165, 1.54) is 0 Å². The largest absolute Gasteiger partial charge is 0.397 e. The number of nitrogens with two attached hydrogens (primary N) is 1. The van der Waals surface area contributed by atoms with Crippen molar-refractivity contribution in [1.29, 1.82) is 5.26 Å². The van der Waals surface area contributed by atoms with Crippen LogP contribution >= 0.6 is 15.9 Å². The van der Waals surface area contributed by atoms with Gasteiger partial charge in [0, 0.05) is 6.20 Å². The Bertz CT molecular complexity index is 539. The first-order chi connectivity index (χ1) is 7.20. The monoisotopic (exact) mass is 262 g/mol. The average Bonchev–Trinajstić information content (AvgIpc) is 2.65. The van der Waals surface area contributed by atoms with E-state index in [2.05, 4.69) is 27.1 Å². The summed E-state index contributed by atoms with van der Waals surface area (Å²) in [7, 11) is 0. The van der Waals surface area contributed by atoms with Crippen LogP contribution in [0.5, 0.6) is 0 Å². The van der Waals surface area contributed by atoms with E-state index in [-0.39, 0.29) is 0 Å². The van der Waals surface area contributed by atoms with E-state index < -0.39 is 0 Å². The number of anilines is 1. The molecule has 2 rings (SSSR count). The second kappa shape index (κ2) is 3.75. The van der Waals surface area contributed by atoms with Crippen molar-refractivity contribution in [2.24, 2.45) is 0 Å². The lowest BCUT2D eigenvalue weighted by molar-refractivity contribution is 0.882. The number of nitrogens with zero attached hydrogens (tertiary/aromatic N) is 3. The molecule has 0 saturated heterocycles. The molecule has 0 radical (unpaired) electrons. The van der Waals surface area contributed by atoms with Gasteiger partial charge in [0.25, 0.3) is 0 Å². The molecule has 0 unspecified atom stereocenters. The highest BCUT2D eigenvalue weighted by Gasteiger charge is 2.04. The van der Waals surface area contributed by atoms with Crippen LogP contribution in [-0.4, -0.2) is 9.78 Å². The maximum atomic E-state index is 8.78. The lowest BCUT2D eigenvalue weighted by Gasteiger charge is -2.05. The number of rotatable bonds is 1. The summed E-state index contributed by atoms with van der Waals surface area (Å²) in [5.74, 6) is 0. The molecule has 1 heterocycles. The molecule has 1 aromatic carbocycles. The molecular weight excluding hydrogens is 256 g/mol. The summed E-state index contributed by atoms with van der Waals surface area (Å²) in [5.41, 5.74) is 7.66. The molecule has 0 aliphatic carbocycles.